The summed E-state index contributed by atoms with van der Waals surface area (Å²) in [5.41, 5.74) is 2.10. The fourth-order valence-corrected chi connectivity index (χ4v) is 3.53. The Balaban J connectivity index is 1.93. The number of likely N-dealkylation sites (tertiary alicyclic amines) is 1. The molecule has 0 radical (unpaired) electrons. The van der Waals surface area contributed by atoms with Crippen LogP contribution >= 0.6 is 0 Å². The zero-order chi connectivity index (χ0) is 14.5. The quantitative estimate of drug-likeness (QED) is 0.789. The van der Waals surface area contributed by atoms with E-state index in [2.05, 4.69) is 18.4 Å². The lowest BCUT2D eigenvalue weighted by Gasteiger charge is -2.35. The van der Waals surface area contributed by atoms with Gasteiger partial charge in [0.1, 0.15) is 0 Å². The molecule has 0 saturated carbocycles. The van der Waals surface area contributed by atoms with Crippen molar-refractivity contribution in [3.8, 4) is 0 Å². The number of hydrogen-bond acceptors (Lipinski definition) is 2. The monoisotopic (exact) mass is 274 g/mol. The molecule has 20 heavy (non-hydrogen) atoms. The largest absolute Gasteiger partial charge is 0.346 e. The Kier molecular flexibility index (Phi) is 3.00. The van der Waals surface area contributed by atoms with Crippen molar-refractivity contribution in [2.24, 2.45) is 5.41 Å². The van der Waals surface area contributed by atoms with Crippen LogP contribution in [0.4, 0.5) is 0 Å². The number of hydrogen-bond donors (Lipinski definition) is 0. The van der Waals surface area contributed by atoms with E-state index in [0.717, 1.165) is 24.9 Å². The Morgan fingerprint density at radius 1 is 1.25 bits per heavy atom. The molecular weight excluding hydrogens is 252 g/mol. The van der Waals surface area contributed by atoms with Crippen molar-refractivity contribution in [3.63, 3.8) is 0 Å². The van der Waals surface area contributed by atoms with Crippen LogP contribution in [0.5, 0.6) is 0 Å². The first-order valence-corrected chi connectivity index (χ1v) is 7.34. The van der Waals surface area contributed by atoms with Gasteiger partial charge in [-0.15, -0.1) is 0 Å². The van der Waals surface area contributed by atoms with Crippen molar-refractivity contribution >= 4 is 11.7 Å². The summed E-state index contributed by atoms with van der Waals surface area (Å²) in [4.78, 5) is 25.7. The number of aromatic nitrogens is 1. The van der Waals surface area contributed by atoms with E-state index in [-0.39, 0.29) is 17.1 Å². The van der Waals surface area contributed by atoms with Crippen LogP contribution in [-0.2, 0) is 11.2 Å². The highest BCUT2D eigenvalue weighted by Crippen LogP contribution is 2.37. The summed E-state index contributed by atoms with van der Waals surface area (Å²) in [6, 6.07) is 2.27. The van der Waals surface area contributed by atoms with E-state index in [9.17, 15) is 9.59 Å². The maximum atomic E-state index is 12.2. The smallest absolute Gasteiger partial charge is 0.222 e. The van der Waals surface area contributed by atoms with E-state index < -0.39 is 0 Å². The molecule has 1 saturated heterocycles. The topological polar surface area (TPSA) is 42.3 Å². The third kappa shape index (κ3) is 2.17. The molecule has 2 aliphatic rings. The Bertz CT molecular complexity index is 571. The molecule has 3 rings (SSSR count). The first-order chi connectivity index (χ1) is 9.37. The highest BCUT2D eigenvalue weighted by molar-refractivity contribution is 5.98. The lowest BCUT2D eigenvalue weighted by molar-refractivity contribution is -0.132. The van der Waals surface area contributed by atoms with Gasteiger partial charge in [-0.1, -0.05) is 13.8 Å². The van der Waals surface area contributed by atoms with E-state index in [0.29, 0.717) is 18.9 Å². The molecule has 1 aliphatic heterocycles. The molecule has 4 nitrogen and oxygen atoms in total. The molecule has 1 aromatic rings. The number of likely N-dealkylation sites (N-methyl/N-ethyl adjacent to an activating group) is 1. The molecule has 1 unspecified atom stereocenters. The molecule has 0 N–H and O–H groups in total. The van der Waals surface area contributed by atoms with Gasteiger partial charge in [-0.25, -0.2) is 0 Å². The van der Waals surface area contributed by atoms with Crippen LogP contribution in [0, 0.1) is 5.41 Å². The molecule has 0 bridgehead atoms. The van der Waals surface area contributed by atoms with Crippen LogP contribution in [0.3, 0.4) is 0 Å². The van der Waals surface area contributed by atoms with Crippen LogP contribution in [0.1, 0.15) is 55.2 Å². The maximum absolute atomic E-state index is 12.2. The number of carbonyl (C=O) groups is 2. The van der Waals surface area contributed by atoms with Crippen molar-refractivity contribution in [1.82, 2.24) is 9.47 Å². The molecule has 0 spiro atoms. The molecule has 4 heteroatoms. The van der Waals surface area contributed by atoms with Crippen LogP contribution < -0.4 is 0 Å². The van der Waals surface area contributed by atoms with Gasteiger partial charge in [0.15, 0.2) is 5.78 Å². The molecule has 108 valence electrons. The Morgan fingerprint density at radius 3 is 2.70 bits per heavy atom. The van der Waals surface area contributed by atoms with Crippen LogP contribution in [-0.4, -0.2) is 34.7 Å². The van der Waals surface area contributed by atoms with E-state index in [1.807, 2.05) is 19.3 Å². The molecule has 1 aliphatic carbocycles. The van der Waals surface area contributed by atoms with Gasteiger partial charge >= 0.3 is 0 Å². The molecule has 2 heterocycles. The molecule has 1 fully saturated rings. The van der Waals surface area contributed by atoms with Crippen molar-refractivity contribution < 1.29 is 9.59 Å². The SMILES string of the molecule is CN1CC(n2ccc3c2CC(C)(C)CC3=O)CCC1=O. The summed E-state index contributed by atoms with van der Waals surface area (Å²) < 4.78 is 2.25. The second kappa shape index (κ2) is 4.47. The summed E-state index contributed by atoms with van der Waals surface area (Å²) >= 11 is 0. The minimum atomic E-state index is 0.0383. The van der Waals surface area contributed by atoms with Gasteiger partial charge in [0, 0.05) is 43.9 Å². The molecule has 1 aromatic heterocycles. The lowest BCUT2D eigenvalue weighted by atomic mass is 9.76. The molecule has 1 amide bonds. The summed E-state index contributed by atoms with van der Waals surface area (Å²) in [7, 11) is 1.86. The second-order valence-electron chi connectivity index (χ2n) is 6.99. The fourth-order valence-electron chi connectivity index (χ4n) is 3.53. The average Bonchev–Trinajstić information content (AvgIpc) is 2.75. The number of ketones is 1. The van der Waals surface area contributed by atoms with Crippen LogP contribution in [0.25, 0.3) is 0 Å². The van der Waals surface area contributed by atoms with Gasteiger partial charge in [0.25, 0.3) is 0 Å². The fraction of sp³-hybridized carbons (Fsp3) is 0.625. The van der Waals surface area contributed by atoms with Crippen molar-refractivity contribution in [3.05, 3.63) is 23.5 Å². The number of carbonyl (C=O) groups excluding carboxylic acids is 2. The number of rotatable bonds is 1. The lowest BCUT2D eigenvalue weighted by Crippen LogP contribution is -2.39. The predicted molar refractivity (Wildman–Crippen MR) is 76.8 cm³/mol. The second-order valence-corrected chi connectivity index (χ2v) is 6.99. The third-order valence-corrected chi connectivity index (χ3v) is 4.61. The Labute approximate surface area is 119 Å². The summed E-state index contributed by atoms with van der Waals surface area (Å²) in [6.07, 6.45) is 5.09. The van der Waals surface area contributed by atoms with Gasteiger partial charge in [0.05, 0.1) is 6.04 Å². The van der Waals surface area contributed by atoms with Crippen molar-refractivity contribution in [2.45, 2.75) is 45.6 Å². The van der Waals surface area contributed by atoms with Crippen molar-refractivity contribution in [1.29, 1.82) is 0 Å². The Hall–Kier alpha value is -1.58. The number of Topliss-reactive ketones (excluding diaryl/α,β-unsaturated/α-hetero) is 1. The van der Waals surface area contributed by atoms with Gasteiger partial charge < -0.3 is 9.47 Å². The minimum absolute atomic E-state index is 0.0383. The third-order valence-electron chi connectivity index (χ3n) is 4.61. The van der Waals surface area contributed by atoms with E-state index in [1.54, 1.807) is 4.90 Å². The van der Waals surface area contributed by atoms with Crippen LogP contribution in [0.2, 0.25) is 0 Å². The zero-order valence-electron chi connectivity index (χ0n) is 12.5. The normalized spacial score (nSPS) is 25.8. The Morgan fingerprint density at radius 2 is 2.00 bits per heavy atom. The predicted octanol–water partition coefficient (Wildman–Crippen LogP) is 2.44. The summed E-state index contributed by atoms with van der Waals surface area (Å²) in [6.45, 7) is 5.05. The number of amides is 1. The van der Waals surface area contributed by atoms with Gasteiger partial charge in [0.2, 0.25) is 5.91 Å². The van der Waals surface area contributed by atoms with Gasteiger partial charge in [-0.3, -0.25) is 9.59 Å². The highest BCUT2D eigenvalue weighted by Gasteiger charge is 2.35. The van der Waals surface area contributed by atoms with Gasteiger partial charge in [-0.2, -0.15) is 0 Å². The van der Waals surface area contributed by atoms with E-state index >= 15 is 0 Å². The minimum Gasteiger partial charge on any atom is -0.346 e. The summed E-state index contributed by atoms with van der Waals surface area (Å²) in [5.74, 6) is 0.480. The zero-order valence-corrected chi connectivity index (χ0v) is 12.5. The maximum Gasteiger partial charge on any atom is 0.222 e. The first kappa shape index (κ1) is 13.4. The number of fused-ring (bicyclic) bond motifs is 1. The van der Waals surface area contributed by atoms with E-state index in [4.69, 9.17) is 0 Å². The standard InChI is InChI=1S/C16H22N2O2/c1-16(2)8-13-12(14(19)9-16)6-7-18(13)11-4-5-15(20)17(3)10-11/h6-7,11H,4-5,8-10H2,1-3H3. The number of nitrogens with zero attached hydrogens (tertiary/aromatic N) is 2. The number of piperidine rings is 1. The van der Waals surface area contributed by atoms with Crippen molar-refractivity contribution in [2.75, 3.05) is 13.6 Å². The molecular formula is C16H22N2O2. The average molecular weight is 274 g/mol. The van der Waals surface area contributed by atoms with Gasteiger partial charge in [-0.05, 0) is 24.3 Å². The molecule has 0 aromatic carbocycles. The van der Waals surface area contributed by atoms with Crippen LogP contribution in [0.15, 0.2) is 12.3 Å². The first-order valence-electron chi connectivity index (χ1n) is 7.34. The van der Waals surface area contributed by atoms with E-state index in [1.165, 1.54) is 5.69 Å². The summed E-state index contributed by atoms with van der Waals surface area (Å²) in [5, 5.41) is 0. The molecule has 1 atom stereocenters. The highest BCUT2D eigenvalue weighted by atomic mass is 16.2.